The van der Waals surface area contributed by atoms with Gasteiger partial charge >= 0.3 is 0 Å². The summed E-state index contributed by atoms with van der Waals surface area (Å²) < 4.78 is 33.9. The van der Waals surface area contributed by atoms with Gasteiger partial charge in [-0.2, -0.15) is 0 Å². The predicted molar refractivity (Wildman–Crippen MR) is 249 cm³/mol. The van der Waals surface area contributed by atoms with Gasteiger partial charge in [-0.3, -0.25) is 0 Å². The van der Waals surface area contributed by atoms with Crippen LogP contribution >= 0.6 is 0 Å². The van der Waals surface area contributed by atoms with Crippen LogP contribution in [0.3, 0.4) is 0 Å². The average molecular weight is 809 g/mol. The number of hydrogen-bond acceptors (Lipinski definition) is 7. The van der Waals surface area contributed by atoms with E-state index >= 15 is 0 Å². The highest BCUT2D eigenvalue weighted by molar-refractivity contribution is 5.79. The van der Waals surface area contributed by atoms with Gasteiger partial charge in [-0.05, 0) is 77.4 Å². The van der Waals surface area contributed by atoms with Crippen LogP contribution in [0.4, 0.5) is 0 Å². The number of benzene rings is 5. The van der Waals surface area contributed by atoms with Crippen LogP contribution < -0.4 is 4.74 Å². The summed E-state index contributed by atoms with van der Waals surface area (Å²) in [7, 11) is 0. The van der Waals surface area contributed by atoms with Gasteiger partial charge < -0.3 is 33.5 Å². The van der Waals surface area contributed by atoms with E-state index in [9.17, 15) is 0 Å². The van der Waals surface area contributed by atoms with Gasteiger partial charge in [0.15, 0.2) is 0 Å². The van der Waals surface area contributed by atoms with Gasteiger partial charge in [0.1, 0.15) is 12.4 Å². The summed E-state index contributed by atoms with van der Waals surface area (Å²) in [4.78, 5) is 0. The van der Waals surface area contributed by atoms with Crippen LogP contribution in [0.15, 0.2) is 109 Å². The third-order valence-corrected chi connectivity index (χ3v) is 9.48. The summed E-state index contributed by atoms with van der Waals surface area (Å²) in [6.07, 6.45) is 17.1. The Hall–Kier alpha value is -5.38. The van der Waals surface area contributed by atoms with E-state index in [-0.39, 0.29) is 6.61 Å². The fourth-order valence-corrected chi connectivity index (χ4v) is 5.97. The molecule has 1 N–H and O–H groups in total. The fourth-order valence-electron chi connectivity index (χ4n) is 5.97. The maximum atomic E-state index is 8.70. The Morgan fingerprint density at radius 1 is 0.350 bits per heavy atom. The molecule has 7 heteroatoms. The van der Waals surface area contributed by atoms with Gasteiger partial charge in [-0.15, -0.1) is 0 Å². The number of aliphatic hydroxyl groups excluding tert-OH is 1. The molecular weight excluding hydrogens is 749 g/mol. The van der Waals surface area contributed by atoms with E-state index in [0.29, 0.717) is 72.7 Å². The maximum absolute atomic E-state index is 8.70. The van der Waals surface area contributed by atoms with Gasteiger partial charge in [0.05, 0.1) is 72.7 Å². The second-order valence-corrected chi connectivity index (χ2v) is 14.4. The van der Waals surface area contributed by atoms with Crippen molar-refractivity contribution < 1.29 is 33.5 Å². The Balaban J connectivity index is 1.14. The molecule has 0 radical (unpaired) electrons. The first kappa shape index (κ1) is 45.7. The Morgan fingerprint density at radius 2 is 0.650 bits per heavy atom. The van der Waals surface area contributed by atoms with Crippen LogP contribution in [0.1, 0.15) is 61.2 Å². The highest BCUT2D eigenvalue weighted by Crippen LogP contribution is 2.28. The minimum absolute atomic E-state index is 0.0187. The molecule has 5 aromatic rings. The summed E-state index contributed by atoms with van der Waals surface area (Å²) in [6, 6.07) is 38.5. The van der Waals surface area contributed by atoms with Gasteiger partial charge in [0, 0.05) is 5.56 Å². The molecule has 0 aliphatic heterocycles. The molecule has 5 rings (SSSR count). The monoisotopic (exact) mass is 808 g/mol. The minimum atomic E-state index is 0.0187. The largest absolute Gasteiger partial charge is 0.491 e. The van der Waals surface area contributed by atoms with Crippen molar-refractivity contribution in [2.24, 2.45) is 0 Å². The third-order valence-electron chi connectivity index (χ3n) is 9.48. The van der Waals surface area contributed by atoms with Gasteiger partial charge in [0.25, 0.3) is 0 Å². The first-order valence-corrected chi connectivity index (χ1v) is 20.8. The molecule has 0 saturated carbocycles. The molecule has 60 heavy (non-hydrogen) atoms. The number of aliphatic hydroxyl groups is 1. The average Bonchev–Trinajstić information content (AvgIpc) is 3.27. The van der Waals surface area contributed by atoms with Crippen LogP contribution in [0.2, 0.25) is 0 Å². The molecule has 0 amide bonds. The predicted octanol–water partition coefficient (Wildman–Crippen LogP) is 10.7. The number of rotatable bonds is 26. The van der Waals surface area contributed by atoms with Crippen molar-refractivity contribution in [2.75, 3.05) is 79.3 Å². The molecular formula is C53H60O7. The van der Waals surface area contributed by atoms with Gasteiger partial charge in [-0.1, -0.05) is 157 Å². The van der Waals surface area contributed by atoms with Crippen LogP contribution in [-0.2, 0) is 23.7 Å². The van der Waals surface area contributed by atoms with Crippen molar-refractivity contribution in [1.82, 2.24) is 0 Å². The molecule has 0 unspecified atom stereocenters. The molecule has 7 nitrogen and oxygen atoms in total. The zero-order valence-electron chi connectivity index (χ0n) is 35.4. The molecule has 0 spiro atoms. The van der Waals surface area contributed by atoms with E-state index in [4.69, 9.17) is 33.5 Å². The van der Waals surface area contributed by atoms with Gasteiger partial charge in [-0.25, -0.2) is 0 Å². The standard InChI is InChI=1S/C53H60O7/c1-42-4-8-45(9-5-42)12-14-47-16-20-49(21-17-47)24-26-51-41-53(60-39-38-59-37-36-58-35-34-57-33-32-56-31-30-55-29-28-54)52(40-44(51)3)27-25-50-22-18-48(19-23-50)15-13-46-10-6-43(2)7-11-46/h4-27,40-41,54H,28-39H2,1-3H3/b14-12+,15-13+,26-24+,27-25+. The van der Waals surface area contributed by atoms with E-state index in [0.717, 1.165) is 44.7 Å². The van der Waals surface area contributed by atoms with Crippen molar-refractivity contribution in [3.63, 3.8) is 0 Å². The van der Waals surface area contributed by atoms with E-state index in [1.165, 1.54) is 22.3 Å². The zero-order valence-corrected chi connectivity index (χ0v) is 35.4. The van der Waals surface area contributed by atoms with E-state index < -0.39 is 0 Å². The molecule has 0 saturated heterocycles. The molecule has 0 heterocycles. The first-order valence-electron chi connectivity index (χ1n) is 20.8. The van der Waals surface area contributed by atoms with E-state index in [1.54, 1.807) is 0 Å². The van der Waals surface area contributed by atoms with Crippen LogP contribution in [0.5, 0.6) is 5.75 Å². The van der Waals surface area contributed by atoms with Crippen molar-refractivity contribution in [3.05, 3.63) is 170 Å². The Bertz CT molecular complexity index is 2080. The summed E-state index contributed by atoms with van der Waals surface area (Å²) in [6.45, 7) is 11.3. The lowest BCUT2D eigenvalue weighted by molar-refractivity contribution is -0.0146. The topological polar surface area (TPSA) is 75.6 Å². The second-order valence-electron chi connectivity index (χ2n) is 14.4. The van der Waals surface area contributed by atoms with Crippen molar-refractivity contribution >= 4 is 48.6 Å². The zero-order chi connectivity index (χ0) is 42.0. The second kappa shape index (κ2) is 26.7. The molecule has 0 aliphatic carbocycles. The number of hydrogen-bond donors (Lipinski definition) is 1. The van der Waals surface area contributed by atoms with Gasteiger partial charge in [0.2, 0.25) is 0 Å². The van der Waals surface area contributed by atoms with Crippen molar-refractivity contribution in [1.29, 1.82) is 0 Å². The van der Waals surface area contributed by atoms with Crippen LogP contribution in [0, 0.1) is 20.8 Å². The van der Waals surface area contributed by atoms with Crippen LogP contribution in [0.25, 0.3) is 48.6 Å². The number of aryl methyl sites for hydroxylation is 3. The summed E-state index contributed by atoms with van der Waals surface area (Å²) >= 11 is 0. The molecule has 314 valence electrons. The smallest absolute Gasteiger partial charge is 0.127 e. The summed E-state index contributed by atoms with van der Waals surface area (Å²) in [5.41, 5.74) is 12.7. The lowest BCUT2D eigenvalue weighted by atomic mass is 10.0. The summed E-state index contributed by atoms with van der Waals surface area (Å²) in [5, 5.41) is 8.70. The highest BCUT2D eigenvalue weighted by Gasteiger charge is 2.07. The molecule has 0 bridgehead atoms. The van der Waals surface area contributed by atoms with Crippen molar-refractivity contribution in [3.8, 4) is 5.75 Å². The lowest BCUT2D eigenvalue weighted by Gasteiger charge is -2.13. The highest BCUT2D eigenvalue weighted by atomic mass is 16.6. The van der Waals surface area contributed by atoms with E-state index in [2.05, 4.69) is 179 Å². The molecule has 0 atom stereocenters. The SMILES string of the molecule is Cc1ccc(/C=C/c2ccc(/C=C/c3cc(OCCOCCOCCOCCOCCOCCO)c(/C=C/c4ccc(/C=C/c5ccc(C)cc5)cc4)cc3C)cc2)cc1. The van der Waals surface area contributed by atoms with Crippen molar-refractivity contribution in [2.45, 2.75) is 20.8 Å². The normalized spacial score (nSPS) is 11.9. The summed E-state index contributed by atoms with van der Waals surface area (Å²) in [5.74, 6) is 0.796. The maximum Gasteiger partial charge on any atom is 0.127 e. The molecule has 5 aromatic carbocycles. The Labute approximate surface area is 357 Å². The first-order chi connectivity index (χ1) is 29.4. The third kappa shape index (κ3) is 17.5. The van der Waals surface area contributed by atoms with Crippen LogP contribution in [-0.4, -0.2) is 84.4 Å². The van der Waals surface area contributed by atoms with E-state index in [1.807, 2.05) is 0 Å². The minimum Gasteiger partial charge on any atom is -0.491 e. The molecule has 0 fully saturated rings. The quantitative estimate of drug-likeness (QED) is 0.0440. The fraction of sp³-hybridized carbons (Fsp3) is 0.283. The Kier molecular flexibility index (Phi) is 20.3. The number of ether oxygens (including phenoxy) is 6. The molecule has 0 aliphatic rings. The molecule has 0 aromatic heterocycles. The lowest BCUT2D eigenvalue weighted by Crippen LogP contribution is -2.14. The Morgan fingerprint density at radius 3 is 1.02 bits per heavy atom.